The van der Waals surface area contributed by atoms with E-state index in [-0.39, 0.29) is 17.0 Å². The minimum absolute atomic E-state index is 0.177. The number of carbonyl (C=O) groups is 1. The van der Waals surface area contributed by atoms with E-state index >= 15 is 0 Å². The third-order valence-corrected chi connectivity index (χ3v) is 2.43. The monoisotopic (exact) mass is 234 g/mol. The Morgan fingerprint density at radius 1 is 1.53 bits per heavy atom. The van der Waals surface area contributed by atoms with Gasteiger partial charge in [0.2, 0.25) is 0 Å². The number of halogens is 3. The second-order valence-corrected chi connectivity index (χ2v) is 3.67. The minimum atomic E-state index is -1.04. The van der Waals surface area contributed by atoms with Gasteiger partial charge in [-0.1, -0.05) is 18.5 Å². The van der Waals surface area contributed by atoms with E-state index in [0.29, 0.717) is 6.07 Å². The first-order chi connectivity index (χ1) is 6.91. The third kappa shape index (κ3) is 2.89. The van der Waals surface area contributed by atoms with Crippen molar-refractivity contribution in [2.24, 2.45) is 0 Å². The standard InChI is InChI=1S/C10H9ClF2O2/c1-5(2-9(14)15)7-3-6(12)4-8(13)10(7)11/h3-5H,2H2,1H3,(H,14,15). The minimum Gasteiger partial charge on any atom is -0.481 e. The summed E-state index contributed by atoms with van der Waals surface area (Å²) in [4.78, 5) is 10.4. The molecule has 0 heterocycles. The molecule has 5 heteroatoms. The molecule has 0 bridgehead atoms. The van der Waals surface area contributed by atoms with Gasteiger partial charge in [0.25, 0.3) is 0 Å². The summed E-state index contributed by atoms with van der Waals surface area (Å²) in [5, 5.41) is 8.33. The summed E-state index contributed by atoms with van der Waals surface area (Å²) in [6.07, 6.45) is -0.220. The highest BCUT2D eigenvalue weighted by Gasteiger charge is 2.17. The summed E-state index contributed by atoms with van der Waals surface area (Å²) in [6.45, 7) is 1.55. The zero-order chi connectivity index (χ0) is 11.6. The summed E-state index contributed by atoms with van der Waals surface area (Å²) < 4.78 is 25.9. The van der Waals surface area contributed by atoms with Crippen molar-refractivity contribution in [1.82, 2.24) is 0 Å². The molecule has 0 saturated heterocycles. The van der Waals surface area contributed by atoms with E-state index in [9.17, 15) is 13.6 Å². The zero-order valence-electron chi connectivity index (χ0n) is 7.93. The predicted octanol–water partition coefficient (Wildman–Crippen LogP) is 3.20. The van der Waals surface area contributed by atoms with Crippen LogP contribution in [0, 0.1) is 11.6 Å². The lowest BCUT2D eigenvalue weighted by molar-refractivity contribution is -0.137. The smallest absolute Gasteiger partial charge is 0.303 e. The lowest BCUT2D eigenvalue weighted by atomic mass is 9.97. The lowest BCUT2D eigenvalue weighted by Gasteiger charge is -2.11. The highest BCUT2D eigenvalue weighted by molar-refractivity contribution is 6.31. The largest absolute Gasteiger partial charge is 0.481 e. The quantitative estimate of drug-likeness (QED) is 0.816. The van der Waals surface area contributed by atoms with E-state index in [1.54, 1.807) is 6.92 Å². The van der Waals surface area contributed by atoms with Gasteiger partial charge >= 0.3 is 5.97 Å². The van der Waals surface area contributed by atoms with Gasteiger partial charge in [0.05, 0.1) is 11.4 Å². The van der Waals surface area contributed by atoms with Gasteiger partial charge in [-0.2, -0.15) is 0 Å². The van der Waals surface area contributed by atoms with Crippen molar-refractivity contribution >= 4 is 17.6 Å². The van der Waals surface area contributed by atoms with Crippen LogP contribution in [-0.4, -0.2) is 11.1 Å². The van der Waals surface area contributed by atoms with Gasteiger partial charge in [-0.15, -0.1) is 0 Å². The van der Waals surface area contributed by atoms with E-state index in [1.807, 2.05) is 0 Å². The summed E-state index contributed by atoms with van der Waals surface area (Å²) in [5.41, 5.74) is 0.177. The molecule has 15 heavy (non-hydrogen) atoms. The molecule has 0 aromatic heterocycles. The molecule has 0 spiro atoms. The summed E-state index contributed by atoms with van der Waals surface area (Å²) >= 11 is 5.61. The van der Waals surface area contributed by atoms with Crippen molar-refractivity contribution in [3.05, 3.63) is 34.4 Å². The maximum absolute atomic E-state index is 13.0. The Bertz CT molecular complexity index is 393. The molecule has 2 nitrogen and oxygen atoms in total. The van der Waals surface area contributed by atoms with Gasteiger partial charge in [-0.3, -0.25) is 4.79 Å². The topological polar surface area (TPSA) is 37.3 Å². The highest BCUT2D eigenvalue weighted by Crippen LogP contribution is 2.29. The van der Waals surface area contributed by atoms with Crippen LogP contribution in [0.25, 0.3) is 0 Å². The van der Waals surface area contributed by atoms with Crippen molar-refractivity contribution in [2.75, 3.05) is 0 Å². The van der Waals surface area contributed by atoms with Crippen LogP contribution in [0.4, 0.5) is 8.78 Å². The van der Waals surface area contributed by atoms with E-state index in [2.05, 4.69) is 0 Å². The van der Waals surface area contributed by atoms with E-state index in [0.717, 1.165) is 6.07 Å². The third-order valence-electron chi connectivity index (χ3n) is 2.03. The van der Waals surface area contributed by atoms with Crippen molar-refractivity contribution in [1.29, 1.82) is 0 Å². The average molecular weight is 235 g/mol. The number of carboxylic acids is 1. The van der Waals surface area contributed by atoms with Crippen LogP contribution in [0.3, 0.4) is 0 Å². The summed E-state index contributed by atoms with van der Waals surface area (Å²) in [7, 11) is 0. The van der Waals surface area contributed by atoms with Crippen molar-refractivity contribution in [3.8, 4) is 0 Å². The van der Waals surface area contributed by atoms with E-state index < -0.39 is 23.5 Å². The Kier molecular flexibility index (Phi) is 3.63. The molecule has 0 aliphatic carbocycles. The van der Waals surface area contributed by atoms with E-state index in [1.165, 1.54) is 0 Å². The fourth-order valence-corrected chi connectivity index (χ4v) is 1.60. The molecule has 1 unspecified atom stereocenters. The molecule has 1 N–H and O–H groups in total. The number of aliphatic carboxylic acids is 1. The second-order valence-electron chi connectivity index (χ2n) is 3.29. The molecule has 1 rings (SSSR count). The van der Waals surface area contributed by atoms with Crippen molar-refractivity contribution in [3.63, 3.8) is 0 Å². The average Bonchev–Trinajstić information content (AvgIpc) is 2.09. The van der Waals surface area contributed by atoms with Gasteiger partial charge in [0, 0.05) is 6.07 Å². The molecule has 1 aromatic carbocycles. The summed E-state index contributed by atoms with van der Waals surface area (Å²) in [6, 6.07) is 1.72. The Labute approximate surface area is 90.5 Å². The van der Waals surface area contributed by atoms with Gasteiger partial charge in [0.15, 0.2) is 0 Å². The van der Waals surface area contributed by atoms with Crippen LogP contribution in [0.15, 0.2) is 12.1 Å². The van der Waals surface area contributed by atoms with Crippen molar-refractivity contribution in [2.45, 2.75) is 19.3 Å². The Morgan fingerprint density at radius 2 is 2.13 bits per heavy atom. The lowest BCUT2D eigenvalue weighted by Crippen LogP contribution is -2.04. The van der Waals surface area contributed by atoms with Crippen LogP contribution in [-0.2, 0) is 4.79 Å². The second kappa shape index (κ2) is 4.57. The molecule has 1 atom stereocenters. The molecule has 0 fully saturated rings. The first-order valence-corrected chi connectivity index (χ1v) is 4.66. The summed E-state index contributed by atoms with van der Waals surface area (Å²) in [5.74, 6) is -3.20. The number of carboxylic acid groups (broad SMARTS) is 1. The normalized spacial score (nSPS) is 12.5. The molecule has 1 aromatic rings. The maximum atomic E-state index is 13.0. The SMILES string of the molecule is CC(CC(=O)O)c1cc(F)cc(F)c1Cl. The van der Waals surface area contributed by atoms with E-state index in [4.69, 9.17) is 16.7 Å². The first-order valence-electron chi connectivity index (χ1n) is 4.28. The van der Waals surface area contributed by atoms with Crippen LogP contribution < -0.4 is 0 Å². The molecule has 0 saturated carbocycles. The Morgan fingerprint density at radius 3 is 2.67 bits per heavy atom. The molecular weight excluding hydrogens is 226 g/mol. The molecular formula is C10H9ClF2O2. The Hall–Kier alpha value is -1.16. The number of benzene rings is 1. The predicted molar refractivity (Wildman–Crippen MR) is 52.0 cm³/mol. The number of hydrogen-bond donors (Lipinski definition) is 1. The number of hydrogen-bond acceptors (Lipinski definition) is 1. The molecule has 82 valence electrons. The molecule has 0 aliphatic heterocycles. The first kappa shape index (κ1) is 11.9. The molecule has 0 radical (unpaired) electrons. The van der Waals surface area contributed by atoms with Crippen molar-refractivity contribution < 1.29 is 18.7 Å². The fraction of sp³-hybridized carbons (Fsp3) is 0.300. The van der Waals surface area contributed by atoms with Gasteiger partial charge in [0.1, 0.15) is 11.6 Å². The molecule has 0 aliphatic rings. The molecule has 0 amide bonds. The van der Waals surface area contributed by atoms with Crippen LogP contribution in [0.1, 0.15) is 24.8 Å². The fourth-order valence-electron chi connectivity index (χ4n) is 1.31. The van der Waals surface area contributed by atoms with Gasteiger partial charge < -0.3 is 5.11 Å². The zero-order valence-corrected chi connectivity index (χ0v) is 8.68. The number of rotatable bonds is 3. The van der Waals surface area contributed by atoms with Gasteiger partial charge in [-0.05, 0) is 17.5 Å². The van der Waals surface area contributed by atoms with Crippen LogP contribution in [0.5, 0.6) is 0 Å². The maximum Gasteiger partial charge on any atom is 0.303 e. The van der Waals surface area contributed by atoms with Gasteiger partial charge in [-0.25, -0.2) is 8.78 Å². The Balaban J connectivity index is 3.07. The highest BCUT2D eigenvalue weighted by atomic mass is 35.5. The van der Waals surface area contributed by atoms with Crippen LogP contribution >= 0.6 is 11.6 Å². The van der Waals surface area contributed by atoms with Crippen LogP contribution in [0.2, 0.25) is 5.02 Å².